The van der Waals surface area contributed by atoms with Crippen molar-refractivity contribution in [1.82, 2.24) is 0 Å². The number of carboxylic acid groups (broad SMARTS) is 1. The van der Waals surface area contributed by atoms with Crippen LogP contribution in [-0.4, -0.2) is 35.5 Å². The van der Waals surface area contributed by atoms with E-state index in [9.17, 15) is 15.0 Å². The van der Waals surface area contributed by atoms with Gasteiger partial charge in [0, 0.05) is 6.61 Å². The van der Waals surface area contributed by atoms with Crippen LogP contribution in [0.15, 0.2) is 0 Å². The van der Waals surface area contributed by atoms with E-state index in [1.54, 1.807) is 0 Å². The van der Waals surface area contributed by atoms with Crippen LogP contribution in [0.2, 0.25) is 0 Å². The Kier molecular flexibility index (Phi) is 5.40. The van der Waals surface area contributed by atoms with E-state index >= 15 is 0 Å². The summed E-state index contributed by atoms with van der Waals surface area (Å²) in [7, 11) is 0. The van der Waals surface area contributed by atoms with Gasteiger partial charge in [0.05, 0.1) is 18.1 Å². The van der Waals surface area contributed by atoms with Gasteiger partial charge in [0.15, 0.2) is 0 Å². The zero-order chi connectivity index (χ0) is 12.9. The van der Waals surface area contributed by atoms with E-state index in [4.69, 9.17) is 4.74 Å². The fourth-order valence-electron chi connectivity index (χ4n) is 2.82. The Morgan fingerprint density at radius 2 is 2.24 bits per heavy atom. The summed E-state index contributed by atoms with van der Waals surface area (Å²) in [5.41, 5.74) is -0.725. The van der Waals surface area contributed by atoms with Crippen molar-refractivity contribution < 1.29 is 19.7 Å². The lowest BCUT2D eigenvalue weighted by molar-refractivity contribution is -0.151. The van der Waals surface area contributed by atoms with E-state index in [2.05, 4.69) is 6.92 Å². The standard InChI is InChI=1S/C13H24O4/c1-3-10-5-6-13(7-10,12(15)16)8-11(14)9-17-4-2/h10-11,14H,3-9H2,1-2H3,(H,15,16). The first kappa shape index (κ1) is 14.5. The molecule has 1 saturated carbocycles. The van der Waals surface area contributed by atoms with Gasteiger partial charge in [-0.25, -0.2) is 0 Å². The molecule has 0 heterocycles. The van der Waals surface area contributed by atoms with E-state index < -0.39 is 17.5 Å². The molecule has 0 spiro atoms. The summed E-state index contributed by atoms with van der Waals surface area (Å²) >= 11 is 0. The van der Waals surface area contributed by atoms with Crippen LogP contribution in [0.1, 0.15) is 46.0 Å². The molecule has 0 aromatic carbocycles. The predicted octanol–water partition coefficient (Wildman–Crippen LogP) is 2.05. The molecule has 17 heavy (non-hydrogen) atoms. The van der Waals surface area contributed by atoms with Gasteiger partial charge in [-0.05, 0) is 38.5 Å². The first-order chi connectivity index (χ1) is 8.04. The lowest BCUT2D eigenvalue weighted by Gasteiger charge is -2.27. The van der Waals surface area contributed by atoms with Gasteiger partial charge in [-0.1, -0.05) is 13.3 Å². The molecule has 0 amide bonds. The van der Waals surface area contributed by atoms with Crippen LogP contribution in [0.5, 0.6) is 0 Å². The third-order valence-electron chi connectivity index (χ3n) is 3.88. The Labute approximate surface area is 103 Å². The maximum absolute atomic E-state index is 11.4. The highest BCUT2D eigenvalue weighted by molar-refractivity contribution is 5.75. The van der Waals surface area contributed by atoms with Crippen LogP contribution in [-0.2, 0) is 9.53 Å². The number of carboxylic acids is 1. The van der Waals surface area contributed by atoms with Gasteiger partial charge in [0.2, 0.25) is 0 Å². The Balaban J connectivity index is 2.58. The summed E-state index contributed by atoms with van der Waals surface area (Å²) < 4.78 is 5.14. The Morgan fingerprint density at radius 3 is 2.71 bits per heavy atom. The van der Waals surface area contributed by atoms with Gasteiger partial charge >= 0.3 is 5.97 Å². The molecule has 0 radical (unpaired) electrons. The molecule has 3 unspecified atom stereocenters. The topological polar surface area (TPSA) is 66.8 Å². The van der Waals surface area contributed by atoms with Crippen LogP contribution in [0, 0.1) is 11.3 Å². The second kappa shape index (κ2) is 6.36. The lowest BCUT2D eigenvalue weighted by atomic mass is 9.80. The summed E-state index contributed by atoms with van der Waals surface area (Å²) in [6.45, 7) is 4.75. The normalized spacial score (nSPS) is 30.4. The molecule has 4 nitrogen and oxygen atoms in total. The number of hydrogen-bond acceptors (Lipinski definition) is 3. The highest BCUT2D eigenvalue weighted by Crippen LogP contribution is 2.46. The molecule has 1 aliphatic carbocycles. The minimum Gasteiger partial charge on any atom is -0.481 e. The van der Waals surface area contributed by atoms with Crippen molar-refractivity contribution in [3.05, 3.63) is 0 Å². The van der Waals surface area contributed by atoms with E-state index in [0.29, 0.717) is 31.8 Å². The number of rotatable bonds is 7. The van der Waals surface area contributed by atoms with Gasteiger partial charge in [-0.15, -0.1) is 0 Å². The third kappa shape index (κ3) is 3.68. The van der Waals surface area contributed by atoms with Crippen LogP contribution >= 0.6 is 0 Å². The van der Waals surface area contributed by atoms with Crippen molar-refractivity contribution >= 4 is 5.97 Å². The summed E-state index contributed by atoms with van der Waals surface area (Å²) in [5, 5.41) is 19.2. The Morgan fingerprint density at radius 1 is 1.53 bits per heavy atom. The van der Waals surface area contributed by atoms with Gasteiger partial charge < -0.3 is 14.9 Å². The van der Waals surface area contributed by atoms with Gasteiger partial charge in [0.1, 0.15) is 0 Å². The molecule has 1 rings (SSSR count). The minimum absolute atomic E-state index is 0.238. The van der Waals surface area contributed by atoms with Crippen LogP contribution in [0.4, 0.5) is 0 Å². The van der Waals surface area contributed by atoms with Gasteiger partial charge in [-0.3, -0.25) is 4.79 Å². The van der Waals surface area contributed by atoms with Crippen LogP contribution < -0.4 is 0 Å². The molecule has 4 heteroatoms. The predicted molar refractivity (Wildman–Crippen MR) is 64.8 cm³/mol. The Hall–Kier alpha value is -0.610. The van der Waals surface area contributed by atoms with E-state index in [-0.39, 0.29) is 6.61 Å². The maximum Gasteiger partial charge on any atom is 0.309 e. The minimum atomic E-state index is -0.760. The number of hydrogen-bond donors (Lipinski definition) is 2. The summed E-state index contributed by atoms with van der Waals surface area (Å²) in [6.07, 6.45) is 3.02. The fraction of sp³-hybridized carbons (Fsp3) is 0.923. The summed E-state index contributed by atoms with van der Waals surface area (Å²) in [6, 6.07) is 0. The first-order valence-electron chi connectivity index (χ1n) is 6.53. The molecule has 1 aliphatic rings. The summed E-state index contributed by atoms with van der Waals surface area (Å²) in [4.78, 5) is 11.4. The van der Waals surface area contributed by atoms with Crippen molar-refractivity contribution in [2.45, 2.75) is 52.1 Å². The monoisotopic (exact) mass is 244 g/mol. The SMILES string of the molecule is CCOCC(O)CC1(C(=O)O)CCC(CC)C1. The molecule has 0 bridgehead atoms. The number of aliphatic carboxylic acids is 1. The molecular formula is C13H24O4. The van der Waals surface area contributed by atoms with Crippen molar-refractivity contribution in [2.75, 3.05) is 13.2 Å². The molecule has 0 aromatic heterocycles. The van der Waals surface area contributed by atoms with E-state index in [1.807, 2.05) is 6.92 Å². The molecule has 2 N–H and O–H groups in total. The van der Waals surface area contributed by atoms with Crippen molar-refractivity contribution in [2.24, 2.45) is 11.3 Å². The smallest absolute Gasteiger partial charge is 0.309 e. The van der Waals surface area contributed by atoms with Gasteiger partial charge in [0.25, 0.3) is 0 Å². The molecule has 1 fully saturated rings. The quantitative estimate of drug-likeness (QED) is 0.719. The molecule has 3 atom stereocenters. The number of aliphatic hydroxyl groups excluding tert-OH is 1. The van der Waals surface area contributed by atoms with E-state index in [0.717, 1.165) is 12.8 Å². The third-order valence-corrected chi connectivity index (χ3v) is 3.88. The van der Waals surface area contributed by atoms with Crippen molar-refractivity contribution in [1.29, 1.82) is 0 Å². The average Bonchev–Trinajstić information content (AvgIpc) is 2.71. The second-order valence-electron chi connectivity index (χ2n) is 5.12. The first-order valence-corrected chi connectivity index (χ1v) is 6.53. The highest BCUT2D eigenvalue weighted by Gasteiger charge is 2.45. The van der Waals surface area contributed by atoms with Crippen LogP contribution in [0.3, 0.4) is 0 Å². The van der Waals surface area contributed by atoms with Crippen molar-refractivity contribution in [3.8, 4) is 0 Å². The molecular weight excluding hydrogens is 220 g/mol. The highest BCUT2D eigenvalue weighted by atomic mass is 16.5. The number of aliphatic hydroxyl groups is 1. The molecule has 100 valence electrons. The molecule has 0 aromatic rings. The van der Waals surface area contributed by atoms with Gasteiger partial charge in [-0.2, -0.15) is 0 Å². The number of ether oxygens (including phenoxy) is 1. The second-order valence-corrected chi connectivity index (χ2v) is 5.12. The maximum atomic E-state index is 11.4. The Bertz CT molecular complexity index is 254. The average molecular weight is 244 g/mol. The van der Waals surface area contributed by atoms with Crippen molar-refractivity contribution in [3.63, 3.8) is 0 Å². The molecule has 0 saturated heterocycles. The zero-order valence-corrected chi connectivity index (χ0v) is 10.8. The lowest BCUT2D eigenvalue weighted by Crippen LogP contribution is -2.34. The van der Waals surface area contributed by atoms with E-state index in [1.165, 1.54) is 0 Å². The van der Waals surface area contributed by atoms with Crippen LogP contribution in [0.25, 0.3) is 0 Å². The fourth-order valence-corrected chi connectivity index (χ4v) is 2.82. The largest absolute Gasteiger partial charge is 0.481 e. The summed E-state index contributed by atoms with van der Waals surface area (Å²) in [5.74, 6) is -0.269. The molecule has 0 aliphatic heterocycles. The number of carbonyl (C=O) groups is 1. The zero-order valence-electron chi connectivity index (χ0n) is 10.8.